The molecule has 0 saturated heterocycles. The molecular weight excluding hydrogens is 202 g/mol. The number of phenolic OH excluding ortho intramolecular Hbond substituents is 1. The standard InChI is InChI=1S/C13H9NO2/c15-9-14-12-8-11(6-7-13(12)16)10-4-2-1-3-5-10/h1-8,16H. The average Bonchev–Trinajstić information content (AvgIpc) is 2.33. The highest BCUT2D eigenvalue weighted by atomic mass is 16.3. The predicted molar refractivity (Wildman–Crippen MR) is 61.3 cm³/mol. The number of hydrogen-bond acceptors (Lipinski definition) is 3. The Morgan fingerprint density at radius 2 is 1.75 bits per heavy atom. The van der Waals surface area contributed by atoms with Crippen molar-refractivity contribution >= 4 is 11.8 Å². The van der Waals surface area contributed by atoms with Gasteiger partial charge in [0.05, 0.1) is 0 Å². The molecule has 0 aliphatic heterocycles. The van der Waals surface area contributed by atoms with Crippen LogP contribution in [0.25, 0.3) is 11.1 Å². The van der Waals surface area contributed by atoms with Crippen molar-refractivity contribution in [3.8, 4) is 16.9 Å². The van der Waals surface area contributed by atoms with Gasteiger partial charge in [-0.2, -0.15) is 4.99 Å². The summed E-state index contributed by atoms with van der Waals surface area (Å²) in [5, 5.41) is 9.44. The van der Waals surface area contributed by atoms with Gasteiger partial charge in [-0.25, -0.2) is 4.79 Å². The lowest BCUT2D eigenvalue weighted by Gasteiger charge is -2.03. The number of benzene rings is 2. The van der Waals surface area contributed by atoms with Crippen molar-refractivity contribution in [1.29, 1.82) is 0 Å². The zero-order chi connectivity index (χ0) is 11.4. The van der Waals surface area contributed by atoms with Gasteiger partial charge in [-0.05, 0) is 23.3 Å². The van der Waals surface area contributed by atoms with Crippen molar-refractivity contribution in [2.24, 2.45) is 4.99 Å². The van der Waals surface area contributed by atoms with E-state index in [2.05, 4.69) is 4.99 Å². The molecular formula is C13H9NO2. The van der Waals surface area contributed by atoms with Crippen molar-refractivity contribution < 1.29 is 9.90 Å². The number of carbonyl (C=O) groups excluding carboxylic acids is 1. The second kappa shape index (κ2) is 4.43. The van der Waals surface area contributed by atoms with Gasteiger partial charge in [0.1, 0.15) is 11.4 Å². The van der Waals surface area contributed by atoms with E-state index in [1.54, 1.807) is 12.1 Å². The van der Waals surface area contributed by atoms with Crippen molar-refractivity contribution in [3.63, 3.8) is 0 Å². The van der Waals surface area contributed by atoms with Gasteiger partial charge in [-0.3, -0.25) is 0 Å². The third kappa shape index (κ3) is 2.00. The molecule has 2 aromatic rings. The fraction of sp³-hybridized carbons (Fsp3) is 0. The van der Waals surface area contributed by atoms with Crippen LogP contribution < -0.4 is 0 Å². The van der Waals surface area contributed by atoms with Gasteiger partial charge >= 0.3 is 0 Å². The summed E-state index contributed by atoms with van der Waals surface area (Å²) in [6.07, 6.45) is 1.42. The van der Waals surface area contributed by atoms with Gasteiger partial charge in [-0.15, -0.1) is 0 Å². The molecule has 0 fully saturated rings. The van der Waals surface area contributed by atoms with Crippen LogP contribution >= 0.6 is 0 Å². The first-order valence-electron chi connectivity index (χ1n) is 4.77. The van der Waals surface area contributed by atoms with E-state index < -0.39 is 0 Å². The number of hydrogen-bond donors (Lipinski definition) is 1. The molecule has 78 valence electrons. The van der Waals surface area contributed by atoms with Gasteiger partial charge in [-0.1, -0.05) is 36.4 Å². The van der Waals surface area contributed by atoms with Gasteiger partial charge in [0, 0.05) is 0 Å². The molecule has 3 heteroatoms. The molecule has 3 nitrogen and oxygen atoms in total. The Bertz CT molecular complexity index is 543. The molecule has 2 aromatic carbocycles. The molecule has 1 N–H and O–H groups in total. The first-order chi connectivity index (χ1) is 7.81. The minimum Gasteiger partial charge on any atom is -0.506 e. The lowest BCUT2D eigenvalue weighted by atomic mass is 10.1. The summed E-state index contributed by atoms with van der Waals surface area (Å²) in [4.78, 5) is 13.6. The molecule has 0 atom stereocenters. The normalized spacial score (nSPS) is 9.50. The number of aliphatic imine (C=N–C) groups is 1. The smallest absolute Gasteiger partial charge is 0.240 e. The first kappa shape index (κ1) is 10.1. The Kier molecular flexibility index (Phi) is 2.81. The lowest BCUT2D eigenvalue weighted by Crippen LogP contribution is -1.77. The molecule has 0 aliphatic carbocycles. The summed E-state index contributed by atoms with van der Waals surface area (Å²) >= 11 is 0. The molecule has 0 spiro atoms. The van der Waals surface area contributed by atoms with Gasteiger partial charge in [0.2, 0.25) is 6.08 Å². The molecule has 0 unspecified atom stereocenters. The van der Waals surface area contributed by atoms with E-state index in [0.717, 1.165) is 11.1 Å². The second-order valence-corrected chi connectivity index (χ2v) is 3.27. The number of isocyanates is 1. The van der Waals surface area contributed by atoms with E-state index in [9.17, 15) is 9.90 Å². The maximum absolute atomic E-state index is 10.2. The average molecular weight is 211 g/mol. The molecule has 2 rings (SSSR count). The highest BCUT2D eigenvalue weighted by molar-refractivity contribution is 5.71. The number of aromatic hydroxyl groups is 1. The van der Waals surface area contributed by atoms with Crippen LogP contribution in [0, 0.1) is 0 Å². The van der Waals surface area contributed by atoms with Crippen LogP contribution in [0.3, 0.4) is 0 Å². The summed E-state index contributed by atoms with van der Waals surface area (Å²) in [7, 11) is 0. The Morgan fingerprint density at radius 3 is 2.44 bits per heavy atom. The fourth-order valence-electron chi connectivity index (χ4n) is 1.47. The molecule has 0 aliphatic rings. The second-order valence-electron chi connectivity index (χ2n) is 3.27. The Balaban J connectivity index is 2.52. The maximum atomic E-state index is 10.2. The highest BCUT2D eigenvalue weighted by Gasteiger charge is 2.02. The molecule has 0 aromatic heterocycles. The van der Waals surface area contributed by atoms with E-state index in [1.165, 1.54) is 12.1 Å². The van der Waals surface area contributed by atoms with Crippen LogP contribution in [-0.2, 0) is 4.79 Å². The van der Waals surface area contributed by atoms with Crippen LogP contribution in [0.2, 0.25) is 0 Å². The zero-order valence-corrected chi connectivity index (χ0v) is 8.42. The Labute approximate surface area is 92.7 Å². The topological polar surface area (TPSA) is 49.7 Å². The van der Waals surface area contributed by atoms with Crippen LogP contribution in [-0.4, -0.2) is 11.2 Å². The van der Waals surface area contributed by atoms with Crippen molar-refractivity contribution in [1.82, 2.24) is 0 Å². The first-order valence-corrected chi connectivity index (χ1v) is 4.77. The molecule has 0 bridgehead atoms. The summed E-state index contributed by atoms with van der Waals surface area (Å²) < 4.78 is 0. The van der Waals surface area contributed by atoms with Crippen LogP contribution in [0.4, 0.5) is 5.69 Å². The Hall–Kier alpha value is -2.38. The Morgan fingerprint density at radius 1 is 1.00 bits per heavy atom. The van der Waals surface area contributed by atoms with E-state index >= 15 is 0 Å². The molecule has 16 heavy (non-hydrogen) atoms. The summed E-state index contributed by atoms with van der Waals surface area (Å²) in [6, 6.07) is 14.6. The SMILES string of the molecule is O=C=Nc1cc(-c2ccccc2)ccc1O. The summed E-state index contributed by atoms with van der Waals surface area (Å²) in [6.45, 7) is 0. The number of nitrogens with zero attached hydrogens (tertiary/aromatic N) is 1. The molecule has 0 saturated carbocycles. The molecule has 0 heterocycles. The highest BCUT2D eigenvalue weighted by Crippen LogP contribution is 2.31. The van der Waals surface area contributed by atoms with Crippen LogP contribution in [0.15, 0.2) is 53.5 Å². The molecule has 0 amide bonds. The minimum absolute atomic E-state index is 0.0250. The number of rotatable bonds is 2. The van der Waals surface area contributed by atoms with Crippen molar-refractivity contribution in [2.75, 3.05) is 0 Å². The third-order valence-electron chi connectivity index (χ3n) is 2.25. The largest absolute Gasteiger partial charge is 0.506 e. The summed E-state index contributed by atoms with van der Waals surface area (Å²) in [5.74, 6) is -0.0250. The van der Waals surface area contributed by atoms with E-state index in [-0.39, 0.29) is 11.4 Å². The van der Waals surface area contributed by atoms with Gasteiger partial charge in [0.25, 0.3) is 0 Å². The van der Waals surface area contributed by atoms with Crippen molar-refractivity contribution in [3.05, 3.63) is 48.5 Å². The van der Waals surface area contributed by atoms with E-state index in [4.69, 9.17) is 0 Å². The van der Waals surface area contributed by atoms with E-state index in [0.29, 0.717) is 0 Å². The molecule has 0 radical (unpaired) electrons. The maximum Gasteiger partial charge on any atom is 0.240 e. The summed E-state index contributed by atoms with van der Waals surface area (Å²) in [5.41, 5.74) is 2.13. The van der Waals surface area contributed by atoms with Gasteiger partial charge < -0.3 is 5.11 Å². The van der Waals surface area contributed by atoms with Crippen molar-refractivity contribution in [2.45, 2.75) is 0 Å². The van der Waals surface area contributed by atoms with E-state index in [1.807, 2.05) is 30.3 Å². The zero-order valence-electron chi connectivity index (χ0n) is 8.42. The number of phenols is 1. The minimum atomic E-state index is -0.0250. The monoisotopic (exact) mass is 211 g/mol. The fourth-order valence-corrected chi connectivity index (χ4v) is 1.47. The third-order valence-corrected chi connectivity index (χ3v) is 2.25. The lowest BCUT2D eigenvalue weighted by molar-refractivity contribution is 0.476. The van der Waals surface area contributed by atoms with Gasteiger partial charge in [0.15, 0.2) is 0 Å². The van der Waals surface area contributed by atoms with Crippen LogP contribution in [0.1, 0.15) is 0 Å². The van der Waals surface area contributed by atoms with Crippen LogP contribution in [0.5, 0.6) is 5.75 Å². The predicted octanol–water partition coefficient (Wildman–Crippen LogP) is 3.03. The quantitative estimate of drug-likeness (QED) is 0.613.